The van der Waals surface area contributed by atoms with E-state index in [0.29, 0.717) is 12.6 Å². The van der Waals surface area contributed by atoms with Crippen LogP contribution in [0.1, 0.15) is 30.3 Å². The third kappa shape index (κ3) is 3.51. The molecule has 0 atom stereocenters. The molecule has 0 radical (unpaired) electrons. The van der Waals surface area contributed by atoms with Gasteiger partial charge in [0.25, 0.3) is 0 Å². The number of fused-ring (bicyclic) bond motifs is 1. The lowest BCUT2D eigenvalue weighted by Gasteiger charge is -2.26. The monoisotopic (exact) mass is 336 g/mol. The summed E-state index contributed by atoms with van der Waals surface area (Å²) < 4.78 is 8.24. The van der Waals surface area contributed by atoms with Crippen LogP contribution >= 0.6 is 0 Å². The summed E-state index contributed by atoms with van der Waals surface area (Å²) in [5.41, 5.74) is 3.15. The quantitative estimate of drug-likeness (QED) is 0.777. The average Bonchev–Trinajstić information content (AvgIpc) is 3.00. The molecule has 5 nitrogen and oxygen atoms in total. The molecule has 3 heterocycles. The van der Waals surface area contributed by atoms with Gasteiger partial charge in [-0.25, -0.2) is 9.97 Å². The van der Waals surface area contributed by atoms with Crippen molar-refractivity contribution in [3.8, 4) is 5.75 Å². The molecule has 3 aromatic rings. The van der Waals surface area contributed by atoms with E-state index in [-0.39, 0.29) is 0 Å². The van der Waals surface area contributed by atoms with Gasteiger partial charge in [0.15, 0.2) is 5.65 Å². The molecule has 130 valence electrons. The molecule has 0 saturated carbocycles. The molecule has 0 amide bonds. The molecule has 4 rings (SSSR count). The second kappa shape index (κ2) is 7.23. The molecule has 2 aromatic heterocycles. The number of piperidine rings is 1. The van der Waals surface area contributed by atoms with Gasteiger partial charge >= 0.3 is 0 Å². The van der Waals surface area contributed by atoms with Crippen LogP contribution in [0.4, 0.5) is 0 Å². The lowest BCUT2D eigenvalue weighted by atomic mass is 10.1. The van der Waals surface area contributed by atoms with E-state index >= 15 is 0 Å². The van der Waals surface area contributed by atoms with Crippen molar-refractivity contribution in [2.24, 2.45) is 0 Å². The molecule has 0 unspecified atom stereocenters. The summed E-state index contributed by atoms with van der Waals surface area (Å²) in [4.78, 5) is 9.56. The maximum Gasteiger partial charge on any atom is 0.160 e. The minimum absolute atomic E-state index is 0.466. The van der Waals surface area contributed by atoms with Crippen molar-refractivity contribution < 1.29 is 4.74 Å². The Kier molecular flexibility index (Phi) is 4.65. The van der Waals surface area contributed by atoms with Gasteiger partial charge < -0.3 is 14.6 Å². The number of nitrogens with one attached hydrogen (secondary N) is 1. The van der Waals surface area contributed by atoms with Gasteiger partial charge in [0.2, 0.25) is 0 Å². The molecular formula is C20H24N4O. The summed E-state index contributed by atoms with van der Waals surface area (Å²) >= 11 is 0. The number of imidazole rings is 1. The molecule has 25 heavy (non-hydrogen) atoms. The topological polar surface area (TPSA) is 52.0 Å². The number of benzene rings is 1. The fourth-order valence-electron chi connectivity index (χ4n) is 3.53. The van der Waals surface area contributed by atoms with Crippen LogP contribution < -0.4 is 10.1 Å². The predicted molar refractivity (Wildman–Crippen MR) is 99.0 cm³/mol. The smallest absolute Gasteiger partial charge is 0.160 e. The Labute approximate surface area is 148 Å². The second-order valence-corrected chi connectivity index (χ2v) is 6.65. The van der Waals surface area contributed by atoms with E-state index < -0.39 is 0 Å². The van der Waals surface area contributed by atoms with Gasteiger partial charge in [-0.3, -0.25) is 0 Å². The molecule has 0 bridgehead atoms. The molecule has 1 aliphatic rings. The third-order valence-electron chi connectivity index (χ3n) is 4.75. The number of pyridine rings is 1. The lowest BCUT2D eigenvalue weighted by molar-refractivity contribution is 0.309. The van der Waals surface area contributed by atoms with E-state index in [1.807, 2.05) is 36.5 Å². The highest BCUT2D eigenvalue weighted by atomic mass is 16.5. The molecule has 1 N–H and O–H groups in total. The zero-order valence-corrected chi connectivity index (χ0v) is 14.6. The van der Waals surface area contributed by atoms with Crippen LogP contribution in [0.5, 0.6) is 5.75 Å². The van der Waals surface area contributed by atoms with Gasteiger partial charge in [0.1, 0.15) is 17.1 Å². The van der Waals surface area contributed by atoms with E-state index in [9.17, 15) is 0 Å². The van der Waals surface area contributed by atoms with Crippen LogP contribution in [0.15, 0.2) is 42.6 Å². The Morgan fingerprint density at radius 1 is 1.20 bits per heavy atom. The second-order valence-electron chi connectivity index (χ2n) is 6.65. The number of rotatable bonds is 5. The van der Waals surface area contributed by atoms with E-state index in [0.717, 1.165) is 60.7 Å². The van der Waals surface area contributed by atoms with Crippen LogP contribution in [0, 0.1) is 6.92 Å². The number of aromatic nitrogens is 3. The highest BCUT2D eigenvalue weighted by molar-refractivity contribution is 5.72. The Hall–Kier alpha value is -2.40. The van der Waals surface area contributed by atoms with Crippen molar-refractivity contribution >= 4 is 11.2 Å². The number of ether oxygens (including phenoxy) is 1. The summed E-state index contributed by atoms with van der Waals surface area (Å²) in [7, 11) is 0. The minimum atomic E-state index is 0.466. The standard InChI is InChI=1S/C20H24N4O/c1-15-13-18-20(22-14-15)24(16-7-10-21-11-8-16)19(23-18)9-12-25-17-5-3-2-4-6-17/h2-6,13-14,16,21H,7-12H2,1H3. The first-order valence-corrected chi connectivity index (χ1v) is 9.03. The van der Waals surface area contributed by atoms with Crippen LogP contribution in [0.25, 0.3) is 11.2 Å². The average molecular weight is 336 g/mol. The first-order chi connectivity index (χ1) is 12.3. The number of aryl methyl sites for hydroxylation is 1. The minimum Gasteiger partial charge on any atom is -0.493 e. The van der Waals surface area contributed by atoms with Crippen molar-refractivity contribution in [2.75, 3.05) is 19.7 Å². The van der Waals surface area contributed by atoms with Crippen molar-refractivity contribution in [1.82, 2.24) is 19.9 Å². The fraction of sp³-hybridized carbons (Fsp3) is 0.400. The van der Waals surface area contributed by atoms with Crippen molar-refractivity contribution in [2.45, 2.75) is 32.2 Å². The van der Waals surface area contributed by atoms with Gasteiger partial charge in [0.05, 0.1) is 6.61 Å². The summed E-state index contributed by atoms with van der Waals surface area (Å²) in [5.74, 6) is 1.98. The van der Waals surface area contributed by atoms with Crippen molar-refractivity contribution in [3.63, 3.8) is 0 Å². The van der Waals surface area contributed by atoms with Gasteiger partial charge in [-0.05, 0) is 56.6 Å². The van der Waals surface area contributed by atoms with Crippen LogP contribution in [-0.2, 0) is 6.42 Å². The Morgan fingerprint density at radius 3 is 2.80 bits per heavy atom. The number of para-hydroxylation sites is 1. The van der Waals surface area contributed by atoms with Gasteiger partial charge in [0, 0.05) is 18.7 Å². The first-order valence-electron chi connectivity index (χ1n) is 9.03. The molecule has 0 aliphatic carbocycles. The van der Waals surface area contributed by atoms with Crippen LogP contribution in [0.3, 0.4) is 0 Å². The highest BCUT2D eigenvalue weighted by Gasteiger charge is 2.22. The van der Waals surface area contributed by atoms with E-state index in [1.54, 1.807) is 0 Å². The van der Waals surface area contributed by atoms with E-state index in [1.165, 1.54) is 0 Å². The molecular weight excluding hydrogens is 312 g/mol. The van der Waals surface area contributed by atoms with Crippen LogP contribution in [0.2, 0.25) is 0 Å². The molecule has 1 aliphatic heterocycles. The lowest BCUT2D eigenvalue weighted by Crippen LogP contribution is -2.30. The maximum absolute atomic E-state index is 5.89. The SMILES string of the molecule is Cc1cnc2c(c1)nc(CCOc1ccccc1)n2C1CCNCC1. The zero-order valence-electron chi connectivity index (χ0n) is 14.6. The van der Waals surface area contributed by atoms with Crippen molar-refractivity contribution in [3.05, 3.63) is 54.0 Å². The fourth-order valence-corrected chi connectivity index (χ4v) is 3.53. The highest BCUT2D eigenvalue weighted by Crippen LogP contribution is 2.26. The summed E-state index contributed by atoms with van der Waals surface area (Å²) in [6, 6.07) is 12.5. The normalized spacial score (nSPS) is 15.6. The van der Waals surface area contributed by atoms with Gasteiger partial charge in [-0.2, -0.15) is 0 Å². The van der Waals surface area contributed by atoms with Gasteiger partial charge in [-0.15, -0.1) is 0 Å². The zero-order chi connectivity index (χ0) is 17.1. The number of nitrogens with zero attached hydrogens (tertiary/aromatic N) is 3. The largest absolute Gasteiger partial charge is 0.493 e. The number of hydrogen-bond acceptors (Lipinski definition) is 4. The van der Waals surface area contributed by atoms with Crippen molar-refractivity contribution in [1.29, 1.82) is 0 Å². The predicted octanol–water partition coefficient (Wildman–Crippen LogP) is 3.29. The Bertz CT molecular complexity index is 838. The molecule has 1 aromatic carbocycles. The Morgan fingerprint density at radius 2 is 2.00 bits per heavy atom. The van der Waals surface area contributed by atoms with E-state index in [2.05, 4.69) is 27.9 Å². The molecule has 1 fully saturated rings. The van der Waals surface area contributed by atoms with Gasteiger partial charge in [-0.1, -0.05) is 18.2 Å². The first kappa shape index (κ1) is 16.1. The molecule has 0 spiro atoms. The summed E-state index contributed by atoms with van der Waals surface area (Å²) in [5, 5.41) is 3.44. The number of hydrogen-bond donors (Lipinski definition) is 1. The molecule has 5 heteroatoms. The Balaban J connectivity index is 1.59. The maximum atomic E-state index is 5.89. The molecule has 1 saturated heterocycles. The summed E-state index contributed by atoms with van der Waals surface area (Å²) in [6.45, 7) is 4.79. The third-order valence-corrected chi connectivity index (χ3v) is 4.75. The summed E-state index contributed by atoms with van der Waals surface area (Å²) in [6.07, 6.45) is 4.96. The van der Waals surface area contributed by atoms with Crippen LogP contribution in [-0.4, -0.2) is 34.2 Å². The van der Waals surface area contributed by atoms with E-state index in [4.69, 9.17) is 9.72 Å².